The Morgan fingerprint density at radius 1 is 0.943 bits per heavy atom. The maximum atomic E-state index is 13.2. The lowest BCUT2D eigenvalue weighted by atomic mass is 9.89. The van der Waals surface area contributed by atoms with E-state index in [-0.39, 0.29) is 5.82 Å². The van der Waals surface area contributed by atoms with Gasteiger partial charge >= 0.3 is 6.18 Å². The lowest BCUT2D eigenvalue weighted by Gasteiger charge is -2.35. The number of rotatable bonds is 5. The van der Waals surface area contributed by atoms with Crippen LogP contribution in [-0.4, -0.2) is 94.9 Å². The number of piperidine rings is 1. The first kappa shape index (κ1) is 24.1. The maximum absolute atomic E-state index is 13.2. The molecule has 0 aliphatic carbocycles. The number of hydrogen-bond donors (Lipinski definition) is 0. The standard InChI is InChI=1S/C24H32F3N7O/c1-31-12-14-32(15-13-31)16-17-35-20-4-2-18(3-5-20)19-8-10-33(11-9-19)22-7-6-21-28-29-23(24(25,26)27)34(21)30-22/h2-5,19H,6-17H2,1H3. The lowest BCUT2D eigenvalue weighted by molar-refractivity contribution is -0.147. The van der Waals surface area contributed by atoms with Crippen molar-refractivity contribution in [3.05, 3.63) is 41.5 Å². The SMILES string of the molecule is CN1CCN(CCOc2ccc(C3CCN(C4=Nn5c(nnc5C(F)(F)F)CC4)CC3)cc2)CC1. The minimum atomic E-state index is -4.56. The molecule has 8 nitrogen and oxygen atoms in total. The van der Waals surface area contributed by atoms with Crippen LogP contribution in [0.15, 0.2) is 29.4 Å². The smallest absolute Gasteiger partial charge is 0.453 e. The molecule has 3 aliphatic heterocycles. The maximum Gasteiger partial charge on any atom is 0.453 e. The Labute approximate surface area is 203 Å². The molecular formula is C24H32F3N7O. The van der Waals surface area contributed by atoms with Gasteiger partial charge in [0.05, 0.1) is 0 Å². The fraction of sp³-hybridized carbons (Fsp3) is 0.625. The zero-order chi connectivity index (χ0) is 24.4. The Morgan fingerprint density at radius 3 is 2.34 bits per heavy atom. The summed E-state index contributed by atoms with van der Waals surface area (Å²) in [6.07, 6.45) is -1.70. The van der Waals surface area contributed by atoms with Gasteiger partial charge in [-0.1, -0.05) is 12.1 Å². The van der Waals surface area contributed by atoms with Crippen LogP contribution in [0.4, 0.5) is 13.2 Å². The first-order valence-electron chi connectivity index (χ1n) is 12.3. The summed E-state index contributed by atoms with van der Waals surface area (Å²) >= 11 is 0. The molecule has 2 saturated heterocycles. The van der Waals surface area contributed by atoms with Crippen molar-refractivity contribution < 1.29 is 17.9 Å². The van der Waals surface area contributed by atoms with Crippen molar-refractivity contribution in [1.29, 1.82) is 0 Å². The van der Waals surface area contributed by atoms with Gasteiger partial charge in [0.15, 0.2) is 5.82 Å². The van der Waals surface area contributed by atoms with Crippen LogP contribution in [0.25, 0.3) is 0 Å². The summed E-state index contributed by atoms with van der Waals surface area (Å²) in [7, 11) is 2.16. The van der Waals surface area contributed by atoms with Crippen LogP contribution in [0.2, 0.25) is 0 Å². The summed E-state index contributed by atoms with van der Waals surface area (Å²) in [6, 6.07) is 8.37. The lowest BCUT2D eigenvalue weighted by Crippen LogP contribution is -2.45. The van der Waals surface area contributed by atoms with E-state index < -0.39 is 12.0 Å². The second kappa shape index (κ2) is 10.1. The fourth-order valence-electron chi connectivity index (χ4n) is 5.03. The molecule has 0 bridgehead atoms. The van der Waals surface area contributed by atoms with Gasteiger partial charge in [0.25, 0.3) is 5.82 Å². The van der Waals surface area contributed by atoms with Gasteiger partial charge in [-0.05, 0) is 43.5 Å². The molecule has 190 valence electrons. The minimum Gasteiger partial charge on any atom is -0.492 e. The molecule has 35 heavy (non-hydrogen) atoms. The van der Waals surface area contributed by atoms with Crippen LogP contribution in [0, 0.1) is 0 Å². The molecule has 0 radical (unpaired) electrons. The second-order valence-corrected chi connectivity index (χ2v) is 9.59. The Morgan fingerprint density at radius 2 is 1.66 bits per heavy atom. The predicted octanol–water partition coefficient (Wildman–Crippen LogP) is 2.91. The van der Waals surface area contributed by atoms with Crippen LogP contribution in [0.1, 0.15) is 42.4 Å². The molecular weight excluding hydrogens is 459 g/mol. The van der Waals surface area contributed by atoms with Crippen molar-refractivity contribution in [1.82, 2.24) is 29.6 Å². The third kappa shape index (κ3) is 5.61. The number of ether oxygens (including phenoxy) is 1. The number of hydrogen-bond acceptors (Lipinski definition) is 7. The third-order valence-electron chi connectivity index (χ3n) is 7.23. The number of fused-ring (bicyclic) bond motifs is 1. The van der Waals surface area contributed by atoms with Crippen molar-refractivity contribution in [2.45, 2.75) is 37.8 Å². The Balaban J connectivity index is 1.12. The first-order valence-corrected chi connectivity index (χ1v) is 12.3. The molecule has 3 aliphatic rings. The van der Waals surface area contributed by atoms with E-state index in [1.54, 1.807) is 0 Å². The van der Waals surface area contributed by atoms with Gasteiger partial charge in [-0.2, -0.15) is 22.9 Å². The fourth-order valence-corrected chi connectivity index (χ4v) is 5.03. The number of halogens is 3. The van der Waals surface area contributed by atoms with Gasteiger partial charge < -0.3 is 14.5 Å². The average Bonchev–Trinajstić information content (AvgIpc) is 3.30. The Hall–Kier alpha value is -2.66. The van der Waals surface area contributed by atoms with Gasteiger partial charge in [0.1, 0.15) is 18.2 Å². The molecule has 2 fully saturated rings. The Bertz CT molecular complexity index is 1020. The molecule has 0 spiro atoms. The molecule has 1 aromatic heterocycles. The molecule has 4 heterocycles. The van der Waals surface area contributed by atoms with Crippen molar-refractivity contribution in [2.24, 2.45) is 5.10 Å². The number of benzene rings is 1. The zero-order valence-corrected chi connectivity index (χ0v) is 20.0. The number of piperazine rings is 1. The molecule has 1 aromatic carbocycles. The van der Waals surface area contributed by atoms with Crippen LogP contribution in [0.3, 0.4) is 0 Å². The molecule has 0 N–H and O–H groups in total. The molecule has 11 heteroatoms. The van der Waals surface area contributed by atoms with Crippen LogP contribution in [0.5, 0.6) is 5.75 Å². The van der Waals surface area contributed by atoms with E-state index in [0.29, 0.717) is 31.2 Å². The highest BCUT2D eigenvalue weighted by molar-refractivity contribution is 5.83. The average molecular weight is 492 g/mol. The zero-order valence-electron chi connectivity index (χ0n) is 20.0. The van der Waals surface area contributed by atoms with Gasteiger partial charge in [0, 0.05) is 58.7 Å². The van der Waals surface area contributed by atoms with E-state index in [2.05, 4.69) is 49.2 Å². The van der Waals surface area contributed by atoms with E-state index >= 15 is 0 Å². The van der Waals surface area contributed by atoms with Crippen LogP contribution >= 0.6 is 0 Å². The number of likely N-dealkylation sites (N-methyl/N-ethyl adjacent to an activating group) is 1. The van der Waals surface area contributed by atoms with E-state index in [1.807, 2.05) is 12.1 Å². The summed E-state index contributed by atoms with van der Waals surface area (Å²) in [5, 5.41) is 11.2. The summed E-state index contributed by atoms with van der Waals surface area (Å²) < 4.78 is 46.4. The molecule has 0 unspecified atom stereocenters. The van der Waals surface area contributed by atoms with Gasteiger partial charge in [-0.15, -0.1) is 10.2 Å². The number of likely N-dealkylation sites (tertiary alicyclic amines) is 1. The normalized spacial score (nSPS) is 20.6. The van der Waals surface area contributed by atoms with E-state index in [0.717, 1.165) is 69.1 Å². The number of amidine groups is 1. The minimum absolute atomic E-state index is 0.266. The summed E-state index contributed by atoms with van der Waals surface area (Å²) in [6.45, 7) is 7.57. The largest absolute Gasteiger partial charge is 0.492 e. The van der Waals surface area contributed by atoms with E-state index in [9.17, 15) is 13.2 Å². The monoisotopic (exact) mass is 491 g/mol. The Kier molecular flexibility index (Phi) is 6.97. The number of aryl methyl sites for hydroxylation is 1. The van der Waals surface area contributed by atoms with Gasteiger partial charge in [-0.3, -0.25) is 4.90 Å². The van der Waals surface area contributed by atoms with Crippen molar-refractivity contribution >= 4 is 5.84 Å². The van der Waals surface area contributed by atoms with Crippen molar-refractivity contribution in [3.63, 3.8) is 0 Å². The highest BCUT2D eigenvalue weighted by Crippen LogP contribution is 2.32. The quantitative estimate of drug-likeness (QED) is 0.641. The highest BCUT2D eigenvalue weighted by atomic mass is 19.4. The number of aromatic nitrogens is 3. The van der Waals surface area contributed by atoms with Crippen molar-refractivity contribution in [3.8, 4) is 5.75 Å². The van der Waals surface area contributed by atoms with Crippen molar-refractivity contribution in [2.75, 3.05) is 59.5 Å². The van der Waals surface area contributed by atoms with E-state index in [4.69, 9.17) is 4.74 Å². The number of nitrogens with zero attached hydrogens (tertiary/aromatic N) is 7. The van der Waals surface area contributed by atoms with E-state index in [1.165, 1.54) is 5.56 Å². The van der Waals surface area contributed by atoms with Gasteiger partial charge in [-0.25, -0.2) is 0 Å². The van der Waals surface area contributed by atoms with Crippen LogP contribution in [-0.2, 0) is 12.6 Å². The number of alkyl halides is 3. The predicted molar refractivity (Wildman–Crippen MR) is 126 cm³/mol. The van der Waals surface area contributed by atoms with Crippen LogP contribution < -0.4 is 4.74 Å². The molecule has 2 aromatic rings. The first-order chi connectivity index (χ1) is 16.9. The summed E-state index contributed by atoms with van der Waals surface area (Å²) in [4.78, 5) is 6.89. The topological polar surface area (TPSA) is 62.0 Å². The molecule has 0 amide bonds. The molecule has 0 atom stereocenters. The van der Waals surface area contributed by atoms with Gasteiger partial charge in [0.2, 0.25) is 0 Å². The highest BCUT2D eigenvalue weighted by Gasteiger charge is 2.40. The summed E-state index contributed by atoms with van der Waals surface area (Å²) in [5.41, 5.74) is 1.28. The second-order valence-electron chi connectivity index (χ2n) is 9.59. The third-order valence-corrected chi connectivity index (χ3v) is 7.23. The molecule has 0 saturated carbocycles. The summed E-state index contributed by atoms with van der Waals surface area (Å²) in [5.74, 6) is 1.21. The molecule has 5 rings (SSSR count).